The van der Waals surface area contributed by atoms with Gasteiger partial charge in [0, 0.05) is 15.7 Å². The fourth-order valence-corrected chi connectivity index (χ4v) is 2.27. The minimum absolute atomic E-state index is 0.0245. The summed E-state index contributed by atoms with van der Waals surface area (Å²) in [6, 6.07) is 6.88. The minimum Gasteiger partial charge on any atom is -0.477 e. The van der Waals surface area contributed by atoms with Crippen LogP contribution in [0.5, 0.6) is 0 Å². The molecule has 2 rings (SSSR count). The molecule has 104 valence electrons. The lowest BCUT2D eigenvalue weighted by Gasteiger charge is -2.08. The summed E-state index contributed by atoms with van der Waals surface area (Å²) in [7, 11) is 0. The van der Waals surface area contributed by atoms with Crippen LogP contribution in [0.25, 0.3) is 0 Å². The zero-order chi connectivity index (χ0) is 14.9. The van der Waals surface area contributed by atoms with Crippen LogP contribution < -0.4 is 5.32 Å². The summed E-state index contributed by atoms with van der Waals surface area (Å²) in [6.07, 6.45) is 0. The van der Waals surface area contributed by atoms with Crippen LogP contribution in [0.4, 0.5) is 5.69 Å². The fourth-order valence-electron chi connectivity index (χ4n) is 1.90. The number of aromatic amines is 1. The first-order valence-corrected chi connectivity index (χ1v) is 6.69. The number of aryl methyl sites for hydroxylation is 1. The van der Waals surface area contributed by atoms with Gasteiger partial charge in [-0.1, -0.05) is 22.0 Å². The summed E-state index contributed by atoms with van der Waals surface area (Å²) < 4.78 is 0.828. The summed E-state index contributed by atoms with van der Waals surface area (Å²) in [6.45, 7) is 3.55. The zero-order valence-corrected chi connectivity index (χ0v) is 12.5. The molecule has 0 saturated heterocycles. The number of carbonyl (C=O) groups is 2. The number of halogens is 1. The third-order valence-corrected chi connectivity index (χ3v) is 3.79. The number of hydrogen-bond acceptors (Lipinski definition) is 2. The Morgan fingerprint density at radius 2 is 2.00 bits per heavy atom. The van der Waals surface area contributed by atoms with E-state index in [2.05, 4.69) is 26.2 Å². The number of benzene rings is 1. The van der Waals surface area contributed by atoms with E-state index in [1.807, 2.05) is 13.0 Å². The Balaban J connectivity index is 2.33. The first-order valence-electron chi connectivity index (χ1n) is 5.89. The molecule has 0 saturated carbocycles. The second-order valence-electron chi connectivity index (χ2n) is 4.41. The number of carboxylic acids is 1. The van der Waals surface area contributed by atoms with Crippen molar-refractivity contribution in [1.82, 2.24) is 4.98 Å². The standard InChI is InChI=1S/C14H13BrN2O3/c1-7-6-11(12(16-7)14(19)20)17-13(18)9-4-3-5-10(15)8(9)2/h3-6,16H,1-2H3,(H,17,18)(H,19,20). The molecule has 0 aliphatic carbocycles. The molecule has 0 atom stereocenters. The maximum Gasteiger partial charge on any atom is 0.354 e. The van der Waals surface area contributed by atoms with Gasteiger partial charge < -0.3 is 15.4 Å². The minimum atomic E-state index is -1.11. The number of carbonyl (C=O) groups excluding carboxylic acids is 1. The van der Waals surface area contributed by atoms with Crippen LogP contribution in [-0.4, -0.2) is 22.0 Å². The third-order valence-electron chi connectivity index (χ3n) is 2.93. The maximum atomic E-state index is 12.2. The van der Waals surface area contributed by atoms with Gasteiger partial charge in [0.1, 0.15) is 5.69 Å². The molecule has 0 aliphatic heterocycles. The molecule has 0 fully saturated rings. The highest BCUT2D eigenvalue weighted by Gasteiger charge is 2.17. The van der Waals surface area contributed by atoms with E-state index in [-0.39, 0.29) is 17.3 Å². The van der Waals surface area contributed by atoms with E-state index < -0.39 is 5.97 Å². The van der Waals surface area contributed by atoms with Crippen LogP contribution in [0.15, 0.2) is 28.7 Å². The lowest BCUT2D eigenvalue weighted by molar-refractivity contribution is 0.0692. The topological polar surface area (TPSA) is 82.2 Å². The largest absolute Gasteiger partial charge is 0.477 e. The Kier molecular flexibility index (Phi) is 3.94. The maximum absolute atomic E-state index is 12.2. The normalized spacial score (nSPS) is 10.3. The van der Waals surface area contributed by atoms with Gasteiger partial charge in [-0.05, 0) is 37.6 Å². The molecule has 1 aromatic heterocycles. The molecule has 1 heterocycles. The average molecular weight is 337 g/mol. The number of aromatic carboxylic acids is 1. The van der Waals surface area contributed by atoms with Gasteiger partial charge in [-0.3, -0.25) is 4.79 Å². The molecule has 20 heavy (non-hydrogen) atoms. The quantitative estimate of drug-likeness (QED) is 0.803. The summed E-state index contributed by atoms with van der Waals surface area (Å²) in [4.78, 5) is 26.0. The van der Waals surface area contributed by atoms with E-state index in [4.69, 9.17) is 5.11 Å². The van der Waals surface area contributed by atoms with Gasteiger partial charge in [0.05, 0.1) is 5.69 Å². The van der Waals surface area contributed by atoms with Gasteiger partial charge in [-0.25, -0.2) is 4.79 Å². The molecule has 2 aromatic rings. The first-order chi connectivity index (χ1) is 9.40. The van der Waals surface area contributed by atoms with Crippen molar-refractivity contribution in [2.24, 2.45) is 0 Å². The molecular weight excluding hydrogens is 324 g/mol. The van der Waals surface area contributed by atoms with Crippen LogP contribution in [0, 0.1) is 13.8 Å². The fraction of sp³-hybridized carbons (Fsp3) is 0.143. The van der Waals surface area contributed by atoms with E-state index in [0.717, 1.165) is 10.0 Å². The molecular formula is C14H13BrN2O3. The number of carboxylic acid groups (broad SMARTS) is 1. The SMILES string of the molecule is Cc1cc(NC(=O)c2cccc(Br)c2C)c(C(=O)O)[nH]1. The number of H-pyrrole nitrogens is 1. The third kappa shape index (κ3) is 2.75. The summed E-state index contributed by atoms with van der Waals surface area (Å²) >= 11 is 3.36. The van der Waals surface area contributed by atoms with Crippen molar-refractivity contribution in [3.8, 4) is 0 Å². The van der Waals surface area contributed by atoms with Gasteiger partial charge in [-0.2, -0.15) is 0 Å². The van der Waals surface area contributed by atoms with Crippen molar-refractivity contribution in [2.75, 3.05) is 5.32 Å². The molecule has 0 bridgehead atoms. The zero-order valence-electron chi connectivity index (χ0n) is 11.0. The van der Waals surface area contributed by atoms with Crippen LogP contribution in [0.1, 0.15) is 32.1 Å². The Hall–Kier alpha value is -2.08. The summed E-state index contributed by atoms with van der Waals surface area (Å²) in [5.41, 5.74) is 2.20. The highest BCUT2D eigenvalue weighted by molar-refractivity contribution is 9.10. The Morgan fingerprint density at radius 3 is 2.65 bits per heavy atom. The Labute approximate surface area is 124 Å². The highest BCUT2D eigenvalue weighted by atomic mass is 79.9. The predicted octanol–water partition coefficient (Wildman–Crippen LogP) is 3.34. The summed E-state index contributed by atoms with van der Waals surface area (Å²) in [5, 5.41) is 11.7. The van der Waals surface area contributed by atoms with Crippen molar-refractivity contribution in [1.29, 1.82) is 0 Å². The number of amides is 1. The number of nitrogens with one attached hydrogen (secondary N) is 2. The monoisotopic (exact) mass is 336 g/mol. The molecule has 3 N–H and O–H groups in total. The second-order valence-corrected chi connectivity index (χ2v) is 5.27. The van der Waals surface area contributed by atoms with Crippen LogP contribution in [0.2, 0.25) is 0 Å². The van der Waals surface area contributed by atoms with Gasteiger partial charge >= 0.3 is 5.97 Å². The van der Waals surface area contributed by atoms with E-state index in [1.165, 1.54) is 0 Å². The average Bonchev–Trinajstić information content (AvgIpc) is 2.73. The van der Waals surface area contributed by atoms with Crippen LogP contribution >= 0.6 is 15.9 Å². The molecule has 6 heteroatoms. The van der Waals surface area contributed by atoms with Gasteiger partial charge in [-0.15, -0.1) is 0 Å². The van der Waals surface area contributed by atoms with E-state index in [1.54, 1.807) is 25.1 Å². The highest BCUT2D eigenvalue weighted by Crippen LogP contribution is 2.22. The van der Waals surface area contributed by atoms with Crippen LogP contribution in [-0.2, 0) is 0 Å². The van der Waals surface area contributed by atoms with Gasteiger partial charge in [0.25, 0.3) is 5.91 Å². The second kappa shape index (κ2) is 5.50. The Morgan fingerprint density at radius 1 is 1.30 bits per heavy atom. The first kappa shape index (κ1) is 14.3. The van der Waals surface area contributed by atoms with Gasteiger partial charge in [0.15, 0.2) is 0 Å². The smallest absolute Gasteiger partial charge is 0.354 e. The number of aromatic nitrogens is 1. The number of hydrogen-bond donors (Lipinski definition) is 3. The van der Waals surface area contributed by atoms with E-state index in [0.29, 0.717) is 11.3 Å². The predicted molar refractivity (Wildman–Crippen MR) is 79.3 cm³/mol. The van der Waals surface area contributed by atoms with Crippen LogP contribution in [0.3, 0.4) is 0 Å². The Bertz CT molecular complexity index is 692. The lowest BCUT2D eigenvalue weighted by Crippen LogP contribution is -2.15. The molecule has 0 unspecified atom stereocenters. The van der Waals surface area contributed by atoms with Crippen molar-refractivity contribution in [2.45, 2.75) is 13.8 Å². The van der Waals surface area contributed by atoms with Gasteiger partial charge in [0.2, 0.25) is 0 Å². The van der Waals surface area contributed by atoms with Crippen molar-refractivity contribution in [3.05, 3.63) is 51.3 Å². The van der Waals surface area contributed by atoms with E-state index in [9.17, 15) is 9.59 Å². The molecule has 1 aromatic carbocycles. The van der Waals surface area contributed by atoms with Crippen molar-refractivity contribution in [3.63, 3.8) is 0 Å². The molecule has 5 nitrogen and oxygen atoms in total. The lowest BCUT2D eigenvalue weighted by atomic mass is 10.1. The van der Waals surface area contributed by atoms with Crippen molar-refractivity contribution >= 4 is 33.5 Å². The molecule has 0 radical (unpaired) electrons. The molecule has 0 spiro atoms. The molecule has 0 aliphatic rings. The number of anilines is 1. The summed E-state index contributed by atoms with van der Waals surface area (Å²) in [5.74, 6) is -1.45. The molecule has 1 amide bonds. The van der Waals surface area contributed by atoms with E-state index >= 15 is 0 Å². The number of rotatable bonds is 3. The van der Waals surface area contributed by atoms with Crippen molar-refractivity contribution < 1.29 is 14.7 Å².